The number of hydrogen-bond acceptors (Lipinski definition) is 2. The number of rotatable bonds is 0. The summed E-state index contributed by atoms with van der Waals surface area (Å²) >= 11 is 0. The second-order valence-corrected chi connectivity index (χ2v) is 0.257. The van der Waals surface area contributed by atoms with Crippen LogP contribution in [-0.4, -0.2) is 4.92 Å². The van der Waals surface area contributed by atoms with Crippen molar-refractivity contribution in [3.8, 4) is 0 Å². The average Bonchev–Trinajstić information content (AvgIpc) is 0.811. The summed E-state index contributed by atoms with van der Waals surface area (Å²) in [5.74, 6) is 0. The van der Waals surface area contributed by atoms with Crippen molar-refractivity contribution in [1.82, 2.24) is 0 Å². The standard InChI is InChI=1S/CNO2/c1-2(3)4. The van der Waals surface area contributed by atoms with E-state index in [-0.39, 0.29) is 0 Å². The predicted molar refractivity (Wildman–Crippen MR) is 10.2 cm³/mol. The fraction of sp³-hybridized carbons (Fsp3) is 0. The summed E-state index contributed by atoms with van der Waals surface area (Å²) in [6.07, 6.45) is 0. The molecule has 0 fully saturated rings. The van der Waals surface area contributed by atoms with E-state index in [2.05, 4.69) is 0 Å². The Labute approximate surface area is 23.4 Å². The summed E-state index contributed by atoms with van der Waals surface area (Å²) in [5.41, 5.74) is 0. The van der Waals surface area contributed by atoms with Crippen LogP contribution >= 0.6 is 0 Å². The van der Waals surface area contributed by atoms with Gasteiger partial charge in [0, 0.05) is 0 Å². The molecule has 3 heteroatoms. The van der Waals surface area contributed by atoms with Gasteiger partial charge in [-0.05, 0) is 0 Å². The molecule has 0 bridgehead atoms. The SMILES string of the molecule is [C][N+](=O)[O-]. The van der Waals surface area contributed by atoms with Crippen molar-refractivity contribution in [2.24, 2.45) is 0 Å². The summed E-state index contributed by atoms with van der Waals surface area (Å²) in [4.78, 5) is 7.22. The van der Waals surface area contributed by atoms with E-state index in [4.69, 9.17) is 17.2 Å². The fourth-order valence-electron chi connectivity index (χ4n) is 0. The van der Waals surface area contributed by atoms with Crippen LogP contribution in [0.15, 0.2) is 0 Å². The van der Waals surface area contributed by atoms with Crippen molar-refractivity contribution in [1.29, 1.82) is 0 Å². The Morgan fingerprint density at radius 2 is 2.00 bits per heavy atom. The molecule has 0 aromatic rings. The van der Waals surface area contributed by atoms with E-state index < -0.39 is 4.92 Å². The highest BCUT2D eigenvalue weighted by Gasteiger charge is 1.67. The lowest BCUT2D eigenvalue weighted by molar-refractivity contribution is -0.410. The summed E-state index contributed by atoms with van der Waals surface area (Å²) in [6, 6.07) is 0. The molecule has 0 amide bonds. The first-order valence-corrected chi connectivity index (χ1v) is 0.589. The quantitative estimate of drug-likeness (QED) is 0.286. The highest BCUT2D eigenvalue weighted by Crippen LogP contribution is 1.45. The minimum absolute atomic E-state index is 1.25. The molecule has 0 aromatic heterocycles. The Morgan fingerprint density at radius 3 is 2.00 bits per heavy atom. The van der Waals surface area contributed by atoms with Crippen LogP contribution in [0.4, 0.5) is 0 Å². The van der Waals surface area contributed by atoms with Crippen LogP contribution in [0.25, 0.3) is 0 Å². The molecule has 0 spiro atoms. The molecule has 0 aliphatic carbocycles. The van der Waals surface area contributed by atoms with Gasteiger partial charge in [0.25, 0.3) is 0 Å². The second-order valence-electron chi connectivity index (χ2n) is 0.257. The molecule has 0 heterocycles. The van der Waals surface area contributed by atoms with Crippen LogP contribution in [0.2, 0.25) is 0 Å². The van der Waals surface area contributed by atoms with E-state index >= 15 is 0 Å². The predicted octanol–water partition coefficient (Wildman–Crippen LogP) is -0.191. The molecule has 0 aliphatic heterocycles. The van der Waals surface area contributed by atoms with Crippen molar-refractivity contribution in [3.05, 3.63) is 17.2 Å². The van der Waals surface area contributed by atoms with E-state index in [0.29, 0.717) is 0 Å². The molecule has 4 heavy (non-hydrogen) atoms. The molecule has 3 radical (unpaired) electrons. The van der Waals surface area contributed by atoms with Crippen molar-refractivity contribution in [2.75, 3.05) is 0 Å². The van der Waals surface area contributed by atoms with E-state index in [0.717, 1.165) is 0 Å². The third kappa shape index (κ3) is 0.622. The van der Waals surface area contributed by atoms with Crippen LogP contribution in [0.3, 0.4) is 0 Å². The van der Waals surface area contributed by atoms with Crippen LogP contribution < -0.4 is 0 Å². The first kappa shape index (κ1) is 3.40. The normalized spacial score (nSPS) is 6.25. The van der Waals surface area contributed by atoms with Gasteiger partial charge in [0.05, 0.1) is 4.92 Å². The van der Waals surface area contributed by atoms with Gasteiger partial charge in [0.1, 0.15) is 0 Å². The maximum absolute atomic E-state index is 8.47. The fourth-order valence-corrected chi connectivity index (χ4v) is 0. The van der Waals surface area contributed by atoms with Crippen molar-refractivity contribution >= 4 is 0 Å². The average molecular weight is 58.0 g/mol. The van der Waals surface area contributed by atoms with Gasteiger partial charge in [0.2, 0.25) is 0 Å². The summed E-state index contributed by atoms with van der Waals surface area (Å²) in [5, 5.41) is 8.47. The molecule has 0 saturated heterocycles. The Hall–Kier alpha value is -0.600. The van der Waals surface area contributed by atoms with Crippen LogP contribution in [0.1, 0.15) is 0 Å². The van der Waals surface area contributed by atoms with Crippen LogP contribution in [-0.2, 0) is 0 Å². The molecule has 0 unspecified atom stereocenters. The zero-order chi connectivity index (χ0) is 3.58. The Balaban J connectivity index is 2.80. The minimum Gasteiger partial charge on any atom is -0.263 e. The van der Waals surface area contributed by atoms with Gasteiger partial charge in [0.15, 0.2) is 0 Å². The first-order valence-electron chi connectivity index (χ1n) is 0.589. The van der Waals surface area contributed by atoms with Gasteiger partial charge < -0.3 is 0 Å². The largest absolute Gasteiger partial charge is 0.474 e. The molecule has 0 N–H and O–H groups in total. The van der Waals surface area contributed by atoms with Crippen molar-refractivity contribution in [3.63, 3.8) is 0 Å². The lowest BCUT2D eigenvalue weighted by Crippen LogP contribution is -1.74. The molecule has 0 atom stereocenters. The first-order chi connectivity index (χ1) is 1.73. The molecular formula is CNO2. The summed E-state index contributed by atoms with van der Waals surface area (Å²) in [7, 11) is 5.31. The lowest BCUT2D eigenvalue weighted by Gasteiger charge is -1.58. The van der Waals surface area contributed by atoms with E-state index in [1.807, 2.05) is 0 Å². The second kappa shape index (κ2) is 0.817. The molecule has 0 saturated carbocycles. The van der Waals surface area contributed by atoms with Gasteiger partial charge >= 0.3 is 7.05 Å². The molecule has 0 rings (SSSR count). The minimum atomic E-state index is -1.25. The Bertz CT molecular complexity index is 29.0. The summed E-state index contributed by atoms with van der Waals surface area (Å²) in [6.45, 7) is 0. The zero-order valence-corrected chi connectivity index (χ0v) is 1.76. The Morgan fingerprint density at radius 1 is 2.00 bits per heavy atom. The lowest BCUT2D eigenvalue weighted by atomic mass is 11.5. The monoisotopic (exact) mass is 58.0 g/mol. The molecular weight excluding hydrogens is 58.0 g/mol. The van der Waals surface area contributed by atoms with Crippen molar-refractivity contribution < 1.29 is 4.92 Å². The topological polar surface area (TPSA) is 43.1 Å². The van der Waals surface area contributed by atoms with E-state index in [1.54, 1.807) is 0 Å². The maximum Gasteiger partial charge on any atom is 0.474 e. The third-order valence-electron chi connectivity index (χ3n) is 0. The maximum atomic E-state index is 8.47. The van der Waals surface area contributed by atoms with Gasteiger partial charge in [-0.1, -0.05) is 0 Å². The summed E-state index contributed by atoms with van der Waals surface area (Å²) < 4.78 is 0. The van der Waals surface area contributed by atoms with Gasteiger partial charge in [-0.3, -0.25) is 10.1 Å². The van der Waals surface area contributed by atoms with Gasteiger partial charge in [-0.15, -0.1) is 0 Å². The van der Waals surface area contributed by atoms with Gasteiger partial charge in [-0.25, -0.2) is 0 Å². The van der Waals surface area contributed by atoms with E-state index in [9.17, 15) is 0 Å². The third-order valence-corrected chi connectivity index (χ3v) is 0. The number of nitro groups is 1. The zero-order valence-electron chi connectivity index (χ0n) is 1.76. The molecule has 0 aliphatic rings. The highest BCUT2D eigenvalue weighted by molar-refractivity contribution is 3.99. The van der Waals surface area contributed by atoms with Gasteiger partial charge in [-0.2, -0.15) is 0 Å². The number of hydrogen-bond donors (Lipinski definition) is 0. The van der Waals surface area contributed by atoms with Crippen molar-refractivity contribution in [2.45, 2.75) is 0 Å². The Kier molecular flexibility index (Phi) is 0.694. The molecule has 0 aromatic carbocycles. The smallest absolute Gasteiger partial charge is 0.263 e. The van der Waals surface area contributed by atoms with Crippen LogP contribution in [0, 0.1) is 17.2 Å². The molecule has 3 nitrogen and oxygen atoms in total. The molecule has 21 valence electrons. The van der Waals surface area contributed by atoms with E-state index in [1.165, 1.54) is 0 Å². The number of nitrogens with zero attached hydrogens (tertiary/aromatic N) is 1. The van der Waals surface area contributed by atoms with Crippen LogP contribution in [0.5, 0.6) is 0 Å². The highest BCUT2D eigenvalue weighted by atomic mass is 16.6.